The number of nitrogens with zero attached hydrogens (tertiary/aromatic N) is 2. The summed E-state index contributed by atoms with van der Waals surface area (Å²) < 4.78 is 2.72. The first kappa shape index (κ1) is 11.2. The molecule has 0 radical (unpaired) electrons. The number of thiophene rings is 1. The van der Waals surface area contributed by atoms with Gasteiger partial charge in [0.05, 0.1) is 5.39 Å². The molecule has 1 aliphatic rings. The van der Waals surface area contributed by atoms with E-state index in [1.165, 1.54) is 23.0 Å². The predicted molar refractivity (Wildman–Crippen MR) is 74.2 cm³/mol. The van der Waals surface area contributed by atoms with Gasteiger partial charge in [0.1, 0.15) is 4.83 Å². The molecule has 0 bridgehead atoms. The standard InChI is InChI=1S/C13H12N2O2S/c1-14-11(16)10-8-6-4-3-5-7-9(8)18-12(10)15(2)13(14)17/h3-6H,7H2,1-2H3. The van der Waals surface area contributed by atoms with E-state index in [1.54, 1.807) is 11.6 Å². The summed E-state index contributed by atoms with van der Waals surface area (Å²) in [5, 5.41) is 0.652. The van der Waals surface area contributed by atoms with Gasteiger partial charge in [0.2, 0.25) is 0 Å². The van der Waals surface area contributed by atoms with Crippen LogP contribution in [0.1, 0.15) is 10.4 Å². The van der Waals surface area contributed by atoms with Gasteiger partial charge in [0.25, 0.3) is 5.56 Å². The Balaban J connectivity index is 2.57. The maximum Gasteiger partial charge on any atom is 0.331 e. The number of hydrogen-bond donors (Lipinski definition) is 0. The van der Waals surface area contributed by atoms with Gasteiger partial charge in [-0.05, 0) is 0 Å². The largest absolute Gasteiger partial charge is 0.331 e. The van der Waals surface area contributed by atoms with Crippen molar-refractivity contribution >= 4 is 27.6 Å². The molecule has 2 aromatic heterocycles. The van der Waals surface area contributed by atoms with Crippen LogP contribution in [0, 0.1) is 0 Å². The van der Waals surface area contributed by atoms with Crippen LogP contribution in [0.2, 0.25) is 0 Å². The fourth-order valence-corrected chi connectivity index (χ4v) is 3.43. The average Bonchev–Trinajstić information content (AvgIpc) is 2.57. The molecule has 2 heterocycles. The summed E-state index contributed by atoms with van der Waals surface area (Å²) in [6.07, 6.45) is 8.72. The Morgan fingerprint density at radius 2 is 1.94 bits per heavy atom. The number of aromatic nitrogens is 2. The lowest BCUT2D eigenvalue weighted by atomic mass is 10.1. The van der Waals surface area contributed by atoms with Gasteiger partial charge >= 0.3 is 5.69 Å². The first-order valence-electron chi connectivity index (χ1n) is 5.66. The predicted octanol–water partition coefficient (Wildman–Crippen LogP) is 1.42. The lowest BCUT2D eigenvalue weighted by Crippen LogP contribution is -2.36. The van der Waals surface area contributed by atoms with Crippen LogP contribution < -0.4 is 11.2 Å². The van der Waals surface area contributed by atoms with Crippen molar-refractivity contribution in [1.29, 1.82) is 0 Å². The van der Waals surface area contributed by atoms with E-state index in [0.29, 0.717) is 5.39 Å². The first-order valence-corrected chi connectivity index (χ1v) is 6.47. The number of allylic oxidation sites excluding steroid dienone is 3. The second-order valence-electron chi connectivity index (χ2n) is 4.32. The molecule has 3 rings (SSSR count). The molecule has 0 saturated carbocycles. The SMILES string of the molecule is Cn1c(=O)c2c3c(sc2n(C)c1=O)CC=CC=C3. The van der Waals surface area contributed by atoms with Crippen LogP contribution >= 0.6 is 11.3 Å². The van der Waals surface area contributed by atoms with E-state index in [9.17, 15) is 9.59 Å². The number of rotatable bonds is 0. The molecule has 4 nitrogen and oxygen atoms in total. The van der Waals surface area contributed by atoms with Crippen molar-refractivity contribution in [3.63, 3.8) is 0 Å². The summed E-state index contributed by atoms with van der Waals surface area (Å²) in [6, 6.07) is 0. The Morgan fingerprint density at radius 3 is 2.72 bits per heavy atom. The molecule has 0 aromatic carbocycles. The fraction of sp³-hybridized carbons (Fsp3) is 0.231. The lowest BCUT2D eigenvalue weighted by Gasteiger charge is -2.03. The van der Waals surface area contributed by atoms with Crippen LogP contribution in [0.3, 0.4) is 0 Å². The minimum atomic E-state index is -0.275. The molecule has 2 aromatic rings. The van der Waals surface area contributed by atoms with Crippen LogP contribution in [0.4, 0.5) is 0 Å². The van der Waals surface area contributed by atoms with Crippen molar-refractivity contribution in [3.05, 3.63) is 49.5 Å². The molecule has 5 heteroatoms. The molecular formula is C13H12N2O2S. The van der Waals surface area contributed by atoms with E-state index in [0.717, 1.165) is 21.7 Å². The molecule has 0 atom stereocenters. The highest BCUT2D eigenvalue weighted by Crippen LogP contribution is 2.30. The molecule has 0 aliphatic heterocycles. The van der Waals surface area contributed by atoms with Crippen LogP contribution in [0.15, 0.2) is 27.8 Å². The molecule has 1 aliphatic carbocycles. The van der Waals surface area contributed by atoms with Crippen LogP contribution in [-0.4, -0.2) is 9.13 Å². The Labute approximate surface area is 107 Å². The molecule has 0 unspecified atom stereocenters. The lowest BCUT2D eigenvalue weighted by molar-refractivity contribution is 0.717. The van der Waals surface area contributed by atoms with Gasteiger partial charge in [0.15, 0.2) is 0 Å². The van der Waals surface area contributed by atoms with Crippen molar-refractivity contribution in [2.45, 2.75) is 6.42 Å². The van der Waals surface area contributed by atoms with E-state index in [2.05, 4.69) is 6.08 Å². The first-order chi connectivity index (χ1) is 8.61. The monoisotopic (exact) mass is 260 g/mol. The van der Waals surface area contributed by atoms with Crippen LogP contribution in [-0.2, 0) is 20.5 Å². The molecule has 0 N–H and O–H groups in total. The van der Waals surface area contributed by atoms with E-state index in [4.69, 9.17) is 0 Å². The third-order valence-corrected chi connectivity index (χ3v) is 4.52. The second kappa shape index (κ2) is 3.81. The number of aryl methyl sites for hydroxylation is 1. The highest BCUT2D eigenvalue weighted by Gasteiger charge is 2.17. The van der Waals surface area contributed by atoms with Gasteiger partial charge in [-0.15, -0.1) is 11.3 Å². The number of fused-ring (bicyclic) bond motifs is 3. The van der Waals surface area contributed by atoms with Gasteiger partial charge in [-0.2, -0.15) is 0 Å². The summed E-state index contributed by atoms with van der Waals surface area (Å²) in [5.74, 6) is 0. The highest BCUT2D eigenvalue weighted by atomic mass is 32.1. The normalized spacial score (nSPS) is 13.9. The smallest absolute Gasteiger partial charge is 0.287 e. The van der Waals surface area contributed by atoms with E-state index < -0.39 is 0 Å². The Hall–Kier alpha value is -1.88. The molecule has 92 valence electrons. The van der Waals surface area contributed by atoms with Crippen molar-refractivity contribution in [2.24, 2.45) is 14.1 Å². The average molecular weight is 260 g/mol. The summed E-state index contributed by atoms with van der Waals surface area (Å²) >= 11 is 1.52. The zero-order valence-electron chi connectivity index (χ0n) is 10.1. The molecule has 0 fully saturated rings. The molecule has 0 saturated heterocycles. The Kier molecular flexibility index (Phi) is 2.38. The van der Waals surface area contributed by atoms with E-state index >= 15 is 0 Å². The van der Waals surface area contributed by atoms with Crippen molar-refractivity contribution in [3.8, 4) is 0 Å². The number of hydrogen-bond acceptors (Lipinski definition) is 3. The summed E-state index contributed by atoms with van der Waals surface area (Å²) in [4.78, 5) is 26.0. The summed E-state index contributed by atoms with van der Waals surface area (Å²) in [5.41, 5.74) is 0.469. The van der Waals surface area contributed by atoms with E-state index in [1.807, 2.05) is 18.2 Å². The highest BCUT2D eigenvalue weighted by molar-refractivity contribution is 7.19. The van der Waals surface area contributed by atoms with Crippen molar-refractivity contribution in [2.75, 3.05) is 0 Å². The Morgan fingerprint density at radius 1 is 1.17 bits per heavy atom. The minimum absolute atomic E-state index is 0.211. The zero-order chi connectivity index (χ0) is 12.9. The summed E-state index contributed by atoms with van der Waals surface area (Å²) in [7, 11) is 3.23. The Bertz CT molecular complexity index is 818. The molecule has 18 heavy (non-hydrogen) atoms. The van der Waals surface area contributed by atoms with E-state index in [-0.39, 0.29) is 11.2 Å². The quantitative estimate of drug-likeness (QED) is 0.719. The van der Waals surface area contributed by atoms with Gasteiger partial charge < -0.3 is 0 Å². The van der Waals surface area contributed by atoms with Gasteiger partial charge in [-0.3, -0.25) is 13.9 Å². The van der Waals surface area contributed by atoms with Crippen molar-refractivity contribution < 1.29 is 0 Å². The molecule has 0 amide bonds. The van der Waals surface area contributed by atoms with Crippen LogP contribution in [0.25, 0.3) is 16.3 Å². The van der Waals surface area contributed by atoms with Crippen LogP contribution in [0.5, 0.6) is 0 Å². The maximum atomic E-state index is 12.2. The zero-order valence-corrected chi connectivity index (χ0v) is 11.0. The summed E-state index contributed by atoms with van der Waals surface area (Å²) in [6.45, 7) is 0. The fourth-order valence-electron chi connectivity index (χ4n) is 2.22. The third-order valence-electron chi connectivity index (χ3n) is 3.21. The van der Waals surface area contributed by atoms with Gasteiger partial charge in [-0.25, -0.2) is 4.79 Å². The topological polar surface area (TPSA) is 44.0 Å². The van der Waals surface area contributed by atoms with Gasteiger partial charge in [0, 0.05) is 31.0 Å². The third kappa shape index (κ3) is 1.37. The second-order valence-corrected chi connectivity index (χ2v) is 5.40. The molecular weight excluding hydrogens is 248 g/mol. The molecule has 0 spiro atoms. The maximum absolute atomic E-state index is 12.2. The minimum Gasteiger partial charge on any atom is -0.287 e. The van der Waals surface area contributed by atoms with Crippen molar-refractivity contribution in [1.82, 2.24) is 9.13 Å². The van der Waals surface area contributed by atoms with Gasteiger partial charge in [-0.1, -0.05) is 24.3 Å².